The molecule has 1 aliphatic rings. The molecule has 0 aliphatic heterocycles. The second-order valence-corrected chi connectivity index (χ2v) is 5.72. The van der Waals surface area contributed by atoms with Crippen molar-refractivity contribution < 1.29 is 4.79 Å². The van der Waals surface area contributed by atoms with E-state index in [0.29, 0.717) is 6.04 Å². The van der Waals surface area contributed by atoms with E-state index < -0.39 is 0 Å². The maximum absolute atomic E-state index is 12.0. The molecular weight excluding hydrogens is 248 g/mol. The Kier molecular flexibility index (Phi) is 3.51. The molecule has 20 heavy (non-hydrogen) atoms. The quantitative estimate of drug-likeness (QED) is 0.905. The number of nitrogens with two attached hydrogens (primary N) is 1. The van der Waals surface area contributed by atoms with Gasteiger partial charge in [-0.3, -0.25) is 4.79 Å². The van der Waals surface area contributed by atoms with Gasteiger partial charge in [-0.15, -0.1) is 0 Å². The fraction of sp³-hybridized carbons (Fsp3) is 0.471. The number of hydrogen-bond donors (Lipinski definition) is 1. The van der Waals surface area contributed by atoms with Crippen LogP contribution in [0.5, 0.6) is 0 Å². The molecule has 2 aromatic rings. The van der Waals surface area contributed by atoms with Crippen LogP contribution in [0.1, 0.15) is 61.1 Å². The molecule has 0 saturated heterocycles. The lowest BCUT2D eigenvalue weighted by Crippen LogP contribution is -2.23. The Balaban J connectivity index is 2.27. The lowest BCUT2D eigenvalue weighted by molar-refractivity contribution is 0.0987. The Morgan fingerprint density at radius 1 is 1.25 bits per heavy atom. The summed E-state index contributed by atoms with van der Waals surface area (Å²) in [6.07, 6.45) is 6.96. The molecule has 0 bridgehead atoms. The molecule has 1 fully saturated rings. The average molecular weight is 270 g/mol. The molecular formula is C17H22N2O. The fourth-order valence-electron chi connectivity index (χ4n) is 3.68. The Morgan fingerprint density at radius 3 is 2.60 bits per heavy atom. The molecule has 3 nitrogen and oxygen atoms in total. The van der Waals surface area contributed by atoms with Gasteiger partial charge in [0.05, 0.1) is 0 Å². The number of benzene rings is 1. The number of hydrogen-bond acceptors (Lipinski definition) is 1. The zero-order valence-corrected chi connectivity index (χ0v) is 12.1. The number of primary amides is 1. The van der Waals surface area contributed by atoms with Crippen molar-refractivity contribution in [3.63, 3.8) is 0 Å². The van der Waals surface area contributed by atoms with Crippen LogP contribution in [0.4, 0.5) is 0 Å². The van der Waals surface area contributed by atoms with E-state index in [1.54, 1.807) is 0 Å². The van der Waals surface area contributed by atoms with Crippen LogP contribution in [0.3, 0.4) is 0 Å². The number of amides is 1. The van der Waals surface area contributed by atoms with Gasteiger partial charge in [0.15, 0.2) is 0 Å². The first-order chi connectivity index (χ1) is 9.74. The molecule has 1 saturated carbocycles. The van der Waals surface area contributed by atoms with Crippen LogP contribution in [0.15, 0.2) is 24.3 Å². The number of para-hydroxylation sites is 1. The van der Waals surface area contributed by atoms with Crippen molar-refractivity contribution in [2.24, 2.45) is 5.73 Å². The van der Waals surface area contributed by atoms with E-state index in [9.17, 15) is 4.79 Å². The minimum atomic E-state index is -0.288. The highest BCUT2D eigenvalue weighted by atomic mass is 16.1. The molecule has 1 aromatic heterocycles. The molecule has 1 heterocycles. The van der Waals surface area contributed by atoms with Crippen LogP contribution in [0.2, 0.25) is 0 Å². The van der Waals surface area contributed by atoms with E-state index in [1.807, 2.05) is 12.1 Å². The molecule has 1 aliphatic carbocycles. The van der Waals surface area contributed by atoms with Gasteiger partial charge in [-0.25, -0.2) is 0 Å². The van der Waals surface area contributed by atoms with Crippen molar-refractivity contribution in [1.29, 1.82) is 0 Å². The molecule has 0 atom stereocenters. The van der Waals surface area contributed by atoms with Crippen LogP contribution in [0.25, 0.3) is 10.9 Å². The molecule has 0 spiro atoms. The summed E-state index contributed by atoms with van der Waals surface area (Å²) in [6, 6.07) is 8.75. The van der Waals surface area contributed by atoms with Gasteiger partial charge < -0.3 is 10.3 Å². The summed E-state index contributed by atoms with van der Waals surface area (Å²) in [5.74, 6) is -0.288. The van der Waals surface area contributed by atoms with Crippen molar-refractivity contribution in [2.75, 3.05) is 0 Å². The van der Waals surface area contributed by atoms with Gasteiger partial charge in [0.1, 0.15) is 5.69 Å². The van der Waals surface area contributed by atoms with Gasteiger partial charge in [0.2, 0.25) is 0 Å². The van der Waals surface area contributed by atoms with E-state index in [-0.39, 0.29) is 5.91 Å². The molecule has 2 N–H and O–H groups in total. The lowest BCUT2D eigenvalue weighted by Gasteiger charge is -2.26. The van der Waals surface area contributed by atoms with Crippen molar-refractivity contribution in [3.8, 4) is 0 Å². The summed E-state index contributed by atoms with van der Waals surface area (Å²) >= 11 is 0. The Bertz CT molecular complexity index is 636. The van der Waals surface area contributed by atoms with Gasteiger partial charge >= 0.3 is 0 Å². The smallest absolute Gasteiger partial charge is 0.265 e. The van der Waals surface area contributed by atoms with Crippen LogP contribution in [-0.4, -0.2) is 10.5 Å². The summed E-state index contributed by atoms with van der Waals surface area (Å²) in [6.45, 7) is 2.10. The summed E-state index contributed by atoms with van der Waals surface area (Å²) in [7, 11) is 0. The number of rotatable bonds is 3. The number of carbonyl (C=O) groups excluding carboxylic acids is 1. The highest BCUT2D eigenvalue weighted by molar-refractivity contribution is 6.01. The predicted molar refractivity (Wildman–Crippen MR) is 82.0 cm³/mol. The van der Waals surface area contributed by atoms with Gasteiger partial charge in [-0.2, -0.15) is 0 Å². The number of aryl methyl sites for hydroxylation is 1. The van der Waals surface area contributed by atoms with Crippen molar-refractivity contribution >= 4 is 16.8 Å². The third-order valence-electron chi connectivity index (χ3n) is 4.54. The second-order valence-electron chi connectivity index (χ2n) is 5.72. The average Bonchev–Trinajstić information content (AvgIpc) is 2.82. The highest BCUT2D eigenvalue weighted by Gasteiger charge is 2.25. The van der Waals surface area contributed by atoms with Gasteiger partial charge in [0.25, 0.3) is 5.91 Å². The first-order valence-corrected chi connectivity index (χ1v) is 7.65. The van der Waals surface area contributed by atoms with E-state index in [1.165, 1.54) is 30.2 Å². The summed E-state index contributed by atoms with van der Waals surface area (Å²) in [5.41, 5.74) is 8.72. The van der Waals surface area contributed by atoms with Gasteiger partial charge in [-0.05, 0) is 30.9 Å². The molecule has 1 aromatic carbocycles. The summed E-state index contributed by atoms with van der Waals surface area (Å²) in [5, 5.41) is 1.19. The lowest BCUT2D eigenvalue weighted by atomic mass is 9.95. The van der Waals surface area contributed by atoms with E-state index in [2.05, 4.69) is 23.6 Å². The van der Waals surface area contributed by atoms with Crippen LogP contribution >= 0.6 is 0 Å². The molecule has 0 radical (unpaired) electrons. The Hall–Kier alpha value is -1.77. The number of fused-ring (bicyclic) bond motifs is 1. The molecule has 1 amide bonds. The standard InChI is InChI=1S/C17H22N2O/c1-2-13-14-10-6-7-11-15(14)19(16(13)17(18)20)12-8-4-3-5-9-12/h6-7,10-12H,2-5,8-9H2,1H3,(H2,18,20). The Morgan fingerprint density at radius 2 is 1.95 bits per heavy atom. The summed E-state index contributed by atoms with van der Waals surface area (Å²) in [4.78, 5) is 12.0. The first-order valence-electron chi connectivity index (χ1n) is 7.65. The topological polar surface area (TPSA) is 48.0 Å². The van der Waals surface area contributed by atoms with Gasteiger partial charge in [-0.1, -0.05) is 44.4 Å². The summed E-state index contributed by atoms with van der Waals surface area (Å²) < 4.78 is 2.23. The first kappa shape index (κ1) is 13.2. The van der Waals surface area contributed by atoms with E-state index in [4.69, 9.17) is 5.73 Å². The Labute approximate surface area is 119 Å². The highest BCUT2D eigenvalue weighted by Crippen LogP contribution is 2.36. The van der Waals surface area contributed by atoms with Crippen LogP contribution in [0, 0.1) is 0 Å². The zero-order valence-electron chi connectivity index (χ0n) is 12.1. The molecule has 106 valence electrons. The third kappa shape index (κ3) is 2.01. The SMILES string of the molecule is CCc1c(C(N)=O)n(C2CCCCC2)c2ccccc12. The van der Waals surface area contributed by atoms with E-state index in [0.717, 1.165) is 30.5 Å². The minimum Gasteiger partial charge on any atom is -0.364 e. The van der Waals surface area contributed by atoms with Crippen molar-refractivity contribution in [1.82, 2.24) is 4.57 Å². The molecule has 3 rings (SSSR count). The fourth-order valence-corrected chi connectivity index (χ4v) is 3.68. The monoisotopic (exact) mass is 270 g/mol. The predicted octanol–water partition coefficient (Wildman–Crippen LogP) is 3.81. The zero-order chi connectivity index (χ0) is 14.1. The molecule has 0 unspecified atom stereocenters. The van der Waals surface area contributed by atoms with Crippen molar-refractivity contribution in [2.45, 2.75) is 51.5 Å². The number of aromatic nitrogens is 1. The van der Waals surface area contributed by atoms with E-state index >= 15 is 0 Å². The number of nitrogens with zero attached hydrogens (tertiary/aromatic N) is 1. The van der Waals surface area contributed by atoms with Gasteiger partial charge in [0, 0.05) is 16.9 Å². The maximum atomic E-state index is 12.0. The third-order valence-corrected chi connectivity index (χ3v) is 4.54. The van der Waals surface area contributed by atoms with Crippen molar-refractivity contribution in [3.05, 3.63) is 35.5 Å². The van der Waals surface area contributed by atoms with Crippen LogP contribution in [-0.2, 0) is 6.42 Å². The second kappa shape index (κ2) is 5.31. The number of carbonyl (C=O) groups is 1. The molecule has 3 heteroatoms. The largest absolute Gasteiger partial charge is 0.364 e. The normalized spacial score (nSPS) is 16.6. The minimum absolute atomic E-state index is 0.288. The van der Waals surface area contributed by atoms with Crippen LogP contribution < -0.4 is 5.73 Å². The maximum Gasteiger partial charge on any atom is 0.265 e.